The second kappa shape index (κ2) is 7.14. The van der Waals surface area contributed by atoms with Crippen LogP contribution < -0.4 is 15.0 Å². The Hall–Kier alpha value is -2.92. The quantitative estimate of drug-likeness (QED) is 0.629. The van der Waals surface area contributed by atoms with Crippen molar-refractivity contribution in [3.8, 4) is 5.75 Å². The minimum absolute atomic E-state index is 0.186. The Labute approximate surface area is 156 Å². The van der Waals surface area contributed by atoms with Crippen LogP contribution in [0.25, 0.3) is 0 Å². The summed E-state index contributed by atoms with van der Waals surface area (Å²) in [4.78, 5) is 16.9. The number of para-hydroxylation sites is 2. The summed E-state index contributed by atoms with van der Waals surface area (Å²) < 4.78 is 5.45. The van der Waals surface area contributed by atoms with Gasteiger partial charge >= 0.3 is 6.03 Å². The fourth-order valence-corrected chi connectivity index (χ4v) is 3.96. The molecule has 2 amide bonds. The van der Waals surface area contributed by atoms with Crippen molar-refractivity contribution in [3.05, 3.63) is 72.8 Å². The lowest BCUT2D eigenvalue weighted by Crippen LogP contribution is -2.32. The summed E-state index contributed by atoms with van der Waals surface area (Å²) in [6.07, 6.45) is 0. The molecule has 0 spiro atoms. The number of ether oxygens (including phenoxy) is 1. The summed E-state index contributed by atoms with van der Waals surface area (Å²) in [6, 6.07) is 23.1. The molecule has 0 aromatic heterocycles. The molecule has 0 saturated carbocycles. The van der Waals surface area contributed by atoms with Crippen molar-refractivity contribution in [1.82, 2.24) is 0 Å². The van der Waals surface area contributed by atoms with Crippen LogP contribution in [-0.2, 0) is 0 Å². The molecule has 130 valence electrons. The lowest BCUT2D eigenvalue weighted by Gasteiger charge is -2.31. The topological polar surface area (TPSA) is 41.6 Å². The van der Waals surface area contributed by atoms with Crippen LogP contribution in [0.4, 0.5) is 21.9 Å². The predicted octanol–water partition coefficient (Wildman–Crippen LogP) is 5.92. The van der Waals surface area contributed by atoms with Gasteiger partial charge in [-0.15, -0.1) is 0 Å². The Bertz CT molecular complexity index is 895. The van der Waals surface area contributed by atoms with E-state index in [0.29, 0.717) is 6.61 Å². The molecule has 0 unspecified atom stereocenters. The highest BCUT2D eigenvalue weighted by Gasteiger charge is 2.27. The van der Waals surface area contributed by atoms with E-state index in [4.69, 9.17) is 4.74 Å². The molecule has 0 atom stereocenters. The van der Waals surface area contributed by atoms with Crippen molar-refractivity contribution >= 4 is 34.9 Å². The Kier molecular flexibility index (Phi) is 4.54. The lowest BCUT2D eigenvalue weighted by molar-refractivity contribution is 0.258. The van der Waals surface area contributed by atoms with Crippen LogP contribution >= 0.6 is 11.8 Å². The normalized spacial score (nSPS) is 12.1. The third-order valence-electron chi connectivity index (χ3n) is 4.05. The number of nitrogens with one attached hydrogen (secondary N) is 1. The number of amides is 2. The van der Waals surface area contributed by atoms with E-state index in [1.165, 1.54) is 0 Å². The van der Waals surface area contributed by atoms with E-state index in [2.05, 4.69) is 5.32 Å². The van der Waals surface area contributed by atoms with Crippen LogP contribution in [0.2, 0.25) is 0 Å². The summed E-state index contributed by atoms with van der Waals surface area (Å²) in [7, 11) is 0. The molecule has 26 heavy (non-hydrogen) atoms. The molecule has 1 aliphatic heterocycles. The number of carbonyl (C=O) groups is 1. The third-order valence-corrected chi connectivity index (χ3v) is 5.18. The van der Waals surface area contributed by atoms with Crippen LogP contribution in [0, 0.1) is 0 Å². The highest BCUT2D eigenvalue weighted by atomic mass is 32.2. The van der Waals surface area contributed by atoms with Gasteiger partial charge in [-0.05, 0) is 55.5 Å². The van der Waals surface area contributed by atoms with E-state index in [1.807, 2.05) is 79.7 Å². The number of hydrogen-bond acceptors (Lipinski definition) is 3. The van der Waals surface area contributed by atoms with Crippen molar-refractivity contribution < 1.29 is 9.53 Å². The van der Waals surface area contributed by atoms with Gasteiger partial charge in [0, 0.05) is 15.5 Å². The number of carbonyl (C=O) groups excluding carboxylic acids is 1. The summed E-state index contributed by atoms with van der Waals surface area (Å²) >= 11 is 1.68. The molecule has 0 aliphatic carbocycles. The van der Waals surface area contributed by atoms with Crippen LogP contribution in [0.3, 0.4) is 0 Å². The maximum absolute atomic E-state index is 13.1. The number of benzene rings is 3. The molecule has 1 N–H and O–H groups in total. The molecule has 4 nitrogen and oxygen atoms in total. The van der Waals surface area contributed by atoms with Crippen molar-refractivity contribution in [2.45, 2.75) is 16.7 Å². The zero-order valence-corrected chi connectivity index (χ0v) is 15.1. The molecule has 1 aliphatic rings. The van der Waals surface area contributed by atoms with E-state index in [0.717, 1.165) is 32.6 Å². The molecule has 0 saturated heterocycles. The summed E-state index contributed by atoms with van der Waals surface area (Å²) in [5.74, 6) is 0.788. The van der Waals surface area contributed by atoms with E-state index in [9.17, 15) is 4.79 Å². The minimum Gasteiger partial charge on any atom is -0.494 e. The van der Waals surface area contributed by atoms with Gasteiger partial charge in [-0.3, -0.25) is 4.90 Å². The fourth-order valence-electron chi connectivity index (χ4n) is 2.90. The number of rotatable bonds is 3. The zero-order chi connectivity index (χ0) is 17.9. The van der Waals surface area contributed by atoms with Gasteiger partial charge in [0.1, 0.15) is 5.75 Å². The van der Waals surface area contributed by atoms with Crippen molar-refractivity contribution in [2.75, 3.05) is 16.8 Å². The molecule has 5 heteroatoms. The maximum atomic E-state index is 13.1. The first-order valence-corrected chi connectivity index (χ1v) is 9.28. The van der Waals surface area contributed by atoms with Crippen LogP contribution in [0.1, 0.15) is 6.92 Å². The van der Waals surface area contributed by atoms with Gasteiger partial charge in [0.15, 0.2) is 0 Å². The molecule has 0 fully saturated rings. The van der Waals surface area contributed by atoms with Crippen LogP contribution in [-0.4, -0.2) is 12.6 Å². The first-order chi connectivity index (χ1) is 12.8. The maximum Gasteiger partial charge on any atom is 0.331 e. The van der Waals surface area contributed by atoms with Gasteiger partial charge in [0.2, 0.25) is 0 Å². The minimum atomic E-state index is -0.186. The molecule has 0 radical (unpaired) electrons. The average Bonchev–Trinajstić information content (AvgIpc) is 2.67. The largest absolute Gasteiger partial charge is 0.494 e. The number of urea groups is 1. The van der Waals surface area contributed by atoms with Gasteiger partial charge in [-0.1, -0.05) is 36.0 Å². The van der Waals surface area contributed by atoms with E-state index in [1.54, 1.807) is 16.7 Å². The van der Waals surface area contributed by atoms with E-state index >= 15 is 0 Å². The van der Waals surface area contributed by atoms with Gasteiger partial charge in [0.05, 0.1) is 18.0 Å². The summed E-state index contributed by atoms with van der Waals surface area (Å²) in [6.45, 7) is 2.56. The van der Waals surface area contributed by atoms with E-state index in [-0.39, 0.29) is 6.03 Å². The molecule has 3 aromatic carbocycles. The van der Waals surface area contributed by atoms with Crippen molar-refractivity contribution in [2.24, 2.45) is 0 Å². The smallest absolute Gasteiger partial charge is 0.331 e. The van der Waals surface area contributed by atoms with Gasteiger partial charge in [-0.2, -0.15) is 0 Å². The fraction of sp³-hybridized carbons (Fsp3) is 0.0952. The molecular weight excluding hydrogens is 344 g/mol. The molecule has 1 heterocycles. The van der Waals surface area contributed by atoms with Gasteiger partial charge < -0.3 is 10.1 Å². The lowest BCUT2D eigenvalue weighted by atomic mass is 10.2. The van der Waals surface area contributed by atoms with Crippen molar-refractivity contribution in [1.29, 1.82) is 0 Å². The second-order valence-corrected chi connectivity index (χ2v) is 6.84. The van der Waals surface area contributed by atoms with Gasteiger partial charge in [-0.25, -0.2) is 4.79 Å². The Morgan fingerprint density at radius 3 is 2.08 bits per heavy atom. The molecule has 3 aromatic rings. The molecular formula is C21H18N2O2S. The highest BCUT2D eigenvalue weighted by molar-refractivity contribution is 7.99. The first-order valence-electron chi connectivity index (χ1n) is 8.46. The third kappa shape index (κ3) is 3.13. The average molecular weight is 362 g/mol. The number of fused-ring (bicyclic) bond motifs is 2. The number of nitrogens with zero attached hydrogens (tertiary/aromatic N) is 1. The predicted molar refractivity (Wildman–Crippen MR) is 106 cm³/mol. The number of anilines is 3. The Balaban J connectivity index is 1.65. The highest BCUT2D eigenvalue weighted by Crippen LogP contribution is 2.47. The van der Waals surface area contributed by atoms with E-state index < -0.39 is 0 Å². The van der Waals surface area contributed by atoms with Crippen LogP contribution in [0.15, 0.2) is 82.6 Å². The molecule has 0 bridgehead atoms. The Morgan fingerprint density at radius 1 is 0.923 bits per heavy atom. The van der Waals surface area contributed by atoms with Crippen molar-refractivity contribution in [3.63, 3.8) is 0 Å². The molecule has 4 rings (SSSR count). The van der Waals surface area contributed by atoms with Crippen LogP contribution in [0.5, 0.6) is 5.75 Å². The standard InChI is InChI=1S/C21H18N2O2S/c1-2-25-16-13-11-15(12-14-16)22-21(24)23-17-7-3-5-9-19(17)26-20-10-6-4-8-18(20)23/h3-14H,2H2,1H3,(H,22,24). The summed E-state index contributed by atoms with van der Waals surface area (Å²) in [5, 5.41) is 2.98. The zero-order valence-electron chi connectivity index (χ0n) is 14.3. The first kappa shape index (κ1) is 16.5. The summed E-state index contributed by atoms with van der Waals surface area (Å²) in [5.41, 5.74) is 2.51. The monoisotopic (exact) mass is 362 g/mol. The number of hydrogen-bond donors (Lipinski definition) is 1. The Morgan fingerprint density at radius 2 is 1.50 bits per heavy atom. The van der Waals surface area contributed by atoms with Gasteiger partial charge in [0.25, 0.3) is 0 Å². The SMILES string of the molecule is CCOc1ccc(NC(=O)N2c3ccccc3Sc3ccccc32)cc1. The second-order valence-electron chi connectivity index (χ2n) is 5.76.